The van der Waals surface area contributed by atoms with Crippen LogP contribution in [0.1, 0.15) is 25.7 Å². The van der Waals surface area contributed by atoms with Crippen LogP contribution in [0, 0.1) is 0 Å². The number of aliphatic hydroxyl groups excluding tert-OH is 1. The van der Waals surface area contributed by atoms with Gasteiger partial charge in [-0.2, -0.15) is 0 Å². The Balaban J connectivity index is 3.04. The summed E-state index contributed by atoms with van der Waals surface area (Å²) >= 11 is 0. The number of allylic oxidation sites excluding steroid dienone is 1. The predicted molar refractivity (Wildman–Crippen MR) is 40.6 cm³/mol. The second-order valence-electron chi connectivity index (χ2n) is 2.34. The highest BCUT2D eigenvalue weighted by Gasteiger charge is 2.01. The fraction of sp³-hybridized carbons (Fsp3) is 0.750. The third kappa shape index (κ3) is 5.76. The maximum Gasteiger partial charge on any atom is 0.104 e. The summed E-state index contributed by atoms with van der Waals surface area (Å²) in [5.41, 5.74) is 0. The first kappa shape index (κ1) is 9.63. The van der Waals surface area contributed by atoms with Crippen LogP contribution in [-0.2, 0) is 0 Å². The summed E-state index contributed by atoms with van der Waals surface area (Å²) in [5.74, 6) is 0. The minimum Gasteiger partial charge on any atom is -0.396 e. The summed E-state index contributed by atoms with van der Waals surface area (Å²) in [6.45, 7) is 3.61. The maximum absolute atomic E-state index is 12.6. The zero-order valence-electron chi connectivity index (χ0n) is 6.22. The molecule has 1 nitrogen and oxygen atoms in total. The summed E-state index contributed by atoms with van der Waals surface area (Å²) in [6.07, 6.45) is 3.29. The van der Waals surface area contributed by atoms with Crippen molar-refractivity contribution in [2.75, 3.05) is 6.61 Å². The lowest BCUT2D eigenvalue weighted by Gasteiger charge is -2.02. The van der Waals surface area contributed by atoms with Gasteiger partial charge in [0.1, 0.15) is 6.17 Å². The largest absolute Gasteiger partial charge is 0.396 e. The molecule has 0 aliphatic carbocycles. The molecular formula is C8H15FO. The van der Waals surface area contributed by atoms with E-state index < -0.39 is 6.17 Å². The van der Waals surface area contributed by atoms with Gasteiger partial charge >= 0.3 is 0 Å². The molecule has 1 unspecified atom stereocenters. The highest BCUT2D eigenvalue weighted by molar-refractivity contribution is 4.72. The Hall–Kier alpha value is -0.370. The van der Waals surface area contributed by atoms with Crippen molar-refractivity contribution in [3.8, 4) is 0 Å². The third-order valence-electron chi connectivity index (χ3n) is 1.35. The van der Waals surface area contributed by atoms with E-state index in [4.69, 9.17) is 5.11 Å². The van der Waals surface area contributed by atoms with Crippen molar-refractivity contribution in [1.82, 2.24) is 0 Å². The van der Waals surface area contributed by atoms with Gasteiger partial charge in [0.2, 0.25) is 0 Å². The second-order valence-corrected chi connectivity index (χ2v) is 2.34. The van der Waals surface area contributed by atoms with Gasteiger partial charge in [0.15, 0.2) is 0 Å². The van der Waals surface area contributed by atoms with Gasteiger partial charge in [0.05, 0.1) is 0 Å². The molecule has 60 valence electrons. The van der Waals surface area contributed by atoms with Crippen LogP contribution < -0.4 is 0 Å². The standard InChI is InChI=1S/C8H15FO/c1-2-5-8(9)6-3-4-7-10/h2,8,10H,1,3-7H2. The summed E-state index contributed by atoms with van der Waals surface area (Å²) in [6, 6.07) is 0. The summed E-state index contributed by atoms with van der Waals surface area (Å²) in [4.78, 5) is 0. The van der Waals surface area contributed by atoms with Gasteiger partial charge in [-0.05, 0) is 25.7 Å². The van der Waals surface area contributed by atoms with Crippen LogP contribution in [0.25, 0.3) is 0 Å². The first-order chi connectivity index (χ1) is 4.81. The lowest BCUT2D eigenvalue weighted by atomic mass is 10.1. The van der Waals surface area contributed by atoms with Crippen LogP contribution in [0.2, 0.25) is 0 Å². The molecular weight excluding hydrogens is 131 g/mol. The Bertz CT molecular complexity index is 83.3. The molecule has 0 saturated carbocycles. The fourth-order valence-corrected chi connectivity index (χ4v) is 0.776. The van der Waals surface area contributed by atoms with Crippen molar-refractivity contribution >= 4 is 0 Å². The smallest absolute Gasteiger partial charge is 0.104 e. The van der Waals surface area contributed by atoms with Gasteiger partial charge in [-0.1, -0.05) is 6.08 Å². The molecule has 0 bridgehead atoms. The highest BCUT2D eigenvalue weighted by atomic mass is 19.1. The molecule has 1 N–H and O–H groups in total. The molecule has 0 spiro atoms. The predicted octanol–water partition coefficient (Wildman–Crippen LogP) is 2.06. The van der Waals surface area contributed by atoms with E-state index in [0.29, 0.717) is 19.3 Å². The fourth-order valence-electron chi connectivity index (χ4n) is 0.776. The second kappa shape index (κ2) is 6.75. The SMILES string of the molecule is C=CCC(F)CCCCO. The van der Waals surface area contributed by atoms with E-state index in [1.807, 2.05) is 0 Å². The molecule has 2 heteroatoms. The van der Waals surface area contributed by atoms with E-state index in [1.54, 1.807) is 6.08 Å². The van der Waals surface area contributed by atoms with Gasteiger partial charge in [-0.15, -0.1) is 6.58 Å². The number of aliphatic hydroxyl groups is 1. The number of hydrogen-bond acceptors (Lipinski definition) is 1. The monoisotopic (exact) mass is 146 g/mol. The number of rotatable bonds is 6. The molecule has 0 amide bonds. The molecule has 0 heterocycles. The molecule has 0 radical (unpaired) electrons. The van der Waals surface area contributed by atoms with Crippen LogP contribution in [0.3, 0.4) is 0 Å². The normalized spacial score (nSPS) is 13.0. The first-order valence-corrected chi connectivity index (χ1v) is 3.67. The molecule has 0 aromatic heterocycles. The van der Waals surface area contributed by atoms with E-state index in [2.05, 4.69) is 6.58 Å². The summed E-state index contributed by atoms with van der Waals surface area (Å²) in [5, 5.41) is 8.37. The molecule has 0 aromatic carbocycles. The molecule has 0 aliphatic heterocycles. The zero-order chi connectivity index (χ0) is 7.82. The summed E-state index contributed by atoms with van der Waals surface area (Å²) in [7, 11) is 0. The van der Waals surface area contributed by atoms with Crippen molar-refractivity contribution in [2.24, 2.45) is 0 Å². The van der Waals surface area contributed by atoms with Gasteiger partial charge in [-0.3, -0.25) is 0 Å². The maximum atomic E-state index is 12.6. The minimum absolute atomic E-state index is 0.167. The quantitative estimate of drug-likeness (QED) is 0.449. The van der Waals surface area contributed by atoms with Crippen molar-refractivity contribution in [1.29, 1.82) is 0 Å². The molecule has 0 aromatic rings. The molecule has 0 fully saturated rings. The number of alkyl halides is 1. The van der Waals surface area contributed by atoms with Crippen LogP contribution in [0.4, 0.5) is 4.39 Å². The van der Waals surface area contributed by atoms with Crippen LogP contribution in [0.15, 0.2) is 12.7 Å². The van der Waals surface area contributed by atoms with Crippen LogP contribution >= 0.6 is 0 Å². The lowest BCUT2D eigenvalue weighted by molar-refractivity contribution is 0.262. The Kier molecular flexibility index (Phi) is 6.50. The Morgan fingerprint density at radius 2 is 2.20 bits per heavy atom. The number of halogens is 1. The van der Waals surface area contributed by atoms with Crippen molar-refractivity contribution < 1.29 is 9.50 Å². The van der Waals surface area contributed by atoms with Crippen molar-refractivity contribution in [2.45, 2.75) is 31.9 Å². The molecule has 0 rings (SSSR count). The van der Waals surface area contributed by atoms with Crippen LogP contribution in [-0.4, -0.2) is 17.9 Å². The van der Waals surface area contributed by atoms with E-state index in [-0.39, 0.29) is 6.61 Å². The molecule has 10 heavy (non-hydrogen) atoms. The molecule has 1 atom stereocenters. The summed E-state index contributed by atoms with van der Waals surface area (Å²) < 4.78 is 12.6. The molecule has 0 aliphatic rings. The van der Waals surface area contributed by atoms with Crippen molar-refractivity contribution in [3.63, 3.8) is 0 Å². The van der Waals surface area contributed by atoms with Gasteiger partial charge < -0.3 is 5.11 Å². The minimum atomic E-state index is -0.760. The van der Waals surface area contributed by atoms with Crippen molar-refractivity contribution in [3.05, 3.63) is 12.7 Å². The Morgan fingerprint density at radius 1 is 1.50 bits per heavy atom. The van der Waals surface area contributed by atoms with Gasteiger partial charge in [0, 0.05) is 6.61 Å². The lowest BCUT2D eigenvalue weighted by Crippen LogP contribution is -1.98. The van der Waals surface area contributed by atoms with Gasteiger partial charge in [-0.25, -0.2) is 4.39 Å². The number of hydrogen-bond donors (Lipinski definition) is 1. The van der Waals surface area contributed by atoms with E-state index in [0.717, 1.165) is 6.42 Å². The van der Waals surface area contributed by atoms with Crippen LogP contribution in [0.5, 0.6) is 0 Å². The average molecular weight is 146 g/mol. The van der Waals surface area contributed by atoms with E-state index in [9.17, 15) is 4.39 Å². The third-order valence-corrected chi connectivity index (χ3v) is 1.35. The molecule has 0 saturated heterocycles. The zero-order valence-corrected chi connectivity index (χ0v) is 6.22. The topological polar surface area (TPSA) is 20.2 Å². The Labute approximate surface area is 61.6 Å². The number of unbranched alkanes of at least 4 members (excludes halogenated alkanes) is 1. The average Bonchev–Trinajstić information content (AvgIpc) is 1.89. The Morgan fingerprint density at radius 3 is 2.70 bits per heavy atom. The first-order valence-electron chi connectivity index (χ1n) is 3.67. The van der Waals surface area contributed by atoms with Gasteiger partial charge in [0.25, 0.3) is 0 Å². The highest BCUT2D eigenvalue weighted by Crippen LogP contribution is 2.08. The van der Waals surface area contributed by atoms with E-state index >= 15 is 0 Å². The van der Waals surface area contributed by atoms with E-state index in [1.165, 1.54) is 0 Å².